The third kappa shape index (κ3) is 2.79. The molecule has 0 amide bonds. The Morgan fingerprint density at radius 1 is 1.21 bits per heavy atom. The van der Waals surface area contributed by atoms with Gasteiger partial charge in [-0.2, -0.15) is 0 Å². The van der Waals surface area contributed by atoms with Crippen LogP contribution in [0.15, 0.2) is 25.0 Å². The van der Waals surface area contributed by atoms with Gasteiger partial charge < -0.3 is 14.6 Å². The molecule has 2 rings (SSSR count). The van der Waals surface area contributed by atoms with Gasteiger partial charge in [-0.3, -0.25) is 0 Å². The summed E-state index contributed by atoms with van der Waals surface area (Å²) in [5, 5.41) is 3.02. The first-order chi connectivity index (χ1) is 8.86. The van der Waals surface area contributed by atoms with E-state index in [1.165, 1.54) is 0 Å². The van der Waals surface area contributed by atoms with E-state index in [0.29, 0.717) is 12.5 Å². The normalized spacial score (nSPS) is 20.3. The van der Waals surface area contributed by atoms with Gasteiger partial charge in [-0.15, -0.1) is 6.58 Å². The summed E-state index contributed by atoms with van der Waals surface area (Å²) >= 11 is 0. The van der Waals surface area contributed by atoms with E-state index in [0.717, 1.165) is 5.46 Å². The van der Waals surface area contributed by atoms with Crippen molar-refractivity contribution in [1.82, 2.24) is 9.97 Å². The van der Waals surface area contributed by atoms with Crippen molar-refractivity contribution >= 4 is 18.5 Å². The fourth-order valence-electron chi connectivity index (χ4n) is 1.69. The quantitative estimate of drug-likeness (QED) is 0.655. The zero-order valence-corrected chi connectivity index (χ0v) is 11.9. The first kappa shape index (κ1) is 14.0. The van der Waals surface area contributed by atoms with Crippen LogP contribution in [0.25, 0.3) is 0 Å². The number of rotatable bonds is 4. The maximum absolute atomic E-state index is 5.93. The van der Waals surface area contributed by atoms with Gasteiger partial charge in [0.2, 0.25) is 5.95 Å². The summed E-state index contributed by atoms with van der Waals surface area (Å²) in [5.74, 6) is 0.570. The molecule has 1 aromatic rings. The van der Waals surface area contributed by atoms with Crippen molar-refractivity contribution in [3.8, 4) is 0 Å². The Kier molecular flexibility index (Phi) is 3.65. The molecule has 5 nitrogen and oxygen atoms in total. The molecule has 102 valence electrons. The Hall–Kier alpha value is -1.40. The average molecular weight is 261 g/mol. The zero-order valence-electron chi connectivity index (χ0n) is 11.9. The molecule has 1 aromatic heterocycles. The van der Waals surface area contributed by atoms with Crippen molar-refractivity contribution in [2.75, 3.05) is 11.9 Å². The molecule has 1 aliphatic rings. The molecule has 0 unspecified atom stereocenters. The first-order valence-corrected chi connectivity index (χ1v) is 6.38. The first-order valence-electron chi connectivity index (χ1n) is 6.38. The van der Waals surface area contributed by atoms with Gasteiger partial charge in [-0.1, -0.05) is 6.08 Å². The van der Waals surface area contributed by atoms with Crippen LogP contribution in [-0.4, -0.2) is 34.8 Å². The second kappa shape index (κ2) is 4.94. The Bertz CT molecular complexity index is 443. The number of anilines is 1. The number of hydrogen-bond donors (Lipinski definition) is 1. The van der Waals surface area contributed by atoms with E-state index in [9.17, 15) is 0 Å². The average Bonchev–Trinajstić information content (AvgIpc) is 2.56. The van der Waals surface area contributed by atoms with Crippen molar-refractivity contribution in [2.45, 2.75) is 38.9 Å². The van der Waals surface area contributed by atoms with Gasteiger partial charge in [0.05, 0.1) is 11.2 Å². The molecule has 0 saturated carbocycles. The van der Waals surface area contributed by atoms with Gasteiger partial charge in [0.15, 0.2) is 0 Å². The highest BCUT2D eigenvalue weighted by Crippen LogP contribution is 2.36. The highest BCUT2D eigenvalue weighted by atomic mass is 16.7. The monoisotopic (exact) mass is 261 g/mol. The maximum atomic E-state index is 5.93. The van der Waals surface area contributed by atoms with Gasteiger partial charge in [0.25, 0.3) is 0 Å². The van der Waals surface area contributed by atoms with Crippen molar-refractivity contribution in [1.29, 1.82) is 0 Å². The van der Waals surface area contributed by atoms with Crippen LogP contribution in [0.4, 0.5) is 5.95 Å². The number of nitrogens with one attached hydrogen (secondary N) is 1. The van der Waals surface area contributed by atoms with Crippen molar-refractivity contribution in [3.63, 3.8) is 0 Å². The van der Waals surface area contributed by atoms with Crippen molar-refractivity contribution in [3.05, 3.63) is 25.0 Å². The molecule has 0 spiro atoms. The summed E-state index contributed by atoms with van der Waals surface area (Å²) in [4.78, 5) is 8.45. The lowest BCUT2D eigenvalue weighted by Gasteiger charge is -2.32. The van der Waals surface area contributed by atoms with Crippen LogP contribution in [0.2, 0.25) is 0 Å². The molecule has 2 heterocycles. The second-order valence-electron chi connectivity index (χ2n) is 5.60. The van der Waals surface area contributed by atoms with Crippen LogP contribution in [0, 0.1) is 0 Å². The van der Waals surface area contributed by atoms with Crippen LogP contribution < -0.4 is 10.8 Å². The minimum atomic E-state index is -0.418. The highest BCUT2D eigenvalue weighted by molar-refractivity contribution is 6.61. The smallest absolute Gasteiger partial charge is 0.399 e. The molecule has 1 fully saturated rings. The van der Waals surface area contributed by atoms with Crippen LogP contribution >= 0.6 is 0 Å². The summed E-state index contributed by atoms with van der Waals surface area (Å²) < 4.78 is 11.9. The van der Waals surface area contributed by atoms with E-state index in [4.69, 9.17) is 9.31 Å². The summed E-state index contributed by atoms with van der Waals surface area (Å²) in [5.41, 5.74) is 0.122. The van der Waals surface area contributed by atoms with E-state index in [1.54, 1.807) is 18.5 Å². The van der Waals surface area contributed by atoms with E-state index in [2.05, 4.69) is 21.9 Å². The molecular weight excluding hydrogens is 241 g/mol. The highest BCUT2D eigenvalue weighted by Gasteiger charge is 2.51. The summed E-state index contributed by atoms with van der Waals surface area (Å²) in [7, 11) is -0.418. The summed E-state index contributed by atoms with van der Waals surface area (Å²) in [6.07, 6.45) is 5.20. The molecular formula is C13H20BN3O2. The van der Waals surface area contributed by atoms with E-state index in [1.807, 2.05) is 27.7 Å². The SMILES string of the molecule is C=CCNc1ncc(B2OC(C)(C)C(C)(C)O2)cn1. The minimum absolute atomic E-state index is 0.350. The number of hydrogen-bond acceptors (Lipinski definition) is 5. The Morgan fingerprint density at radius 2 is 1.74 bits per heavy atom. The van der Waals surface area contributed by atoms with Crippen LogP contribution in [0.5, 0.6) is 0 Å². The third-order valence-corrected chi connectivity index (χ3v) is 3.60. The zero-order chi connectivity index (χ0) is 14.1. The molecule has 0 atom stereocenters. The summed E-state index contributed by atoms with van der Waals surface area (Å²) in [6.45, 7) is 12.4. The van der Waals surface area contributed by atoms with Gasteiger partial charge in [0.1, 0.15) is 0 Å². The third-order valence-electron chi connectivity index (χ3n) is 3.60. The molecule has 0 aliphatic carbocycles. The van der Waals surface area contributed by atoms with Crippen molar-refractivity contribution < 1.29 is 9.31 Å². The van der Waals surface area contributed by atoms with Crippen LogP contribution in [-0.2, 0) is 9.31 Å². The van der Waals surface area contributed by atoms with Gasteiger partial charge in [-0.05, 0) is 27.7 Å². The van der Waals surface area contributed by atoms with E-state index in [-0.39, 0.29) is 11.2 Å². The van der Waals surface area contributed by atoms with E-state index < -0.39 is 7.12 Å². The fourth-order valence-corrected chi connectivity index (χ4v) is 1.69. The van der Waals surface area contributed by atoms with Crippen LogP contribution in [0.3, 0.4) is 0 Å². The fraction of sp³-hybridized carbons (Fsp3) is 0.538. The largest absolute Gasteiger partial charge is 0.498 e. The molecule has 0 aromatic carbocycles. The number of aromatic nitrogens is 2. The standard InChI is InChI=1S/C13H20BN3O2/c1-6-7-15-11-16-8-10(9-17-11)14-18-12(2,3)13(4,5)19-14/h6,8-9H,1,7H2,2-5H3,(H,15,16,17). The van der Waals surface area contributed by atoms with Crippen LogP contribution in [0.1, 0.15) is 27.7 Å². The molecule has 0 radical (unpaired) electrons. The Morgan fingerprint density at radius 3 is 2.21 bits per heavy atom. The molecule has 0 bridgehead atoms. The van der Waals surface area contributed by atoms with E-state index >= 15 is 0 Å². The molecule has 1 saturated heterocycles. The second-order valence-corrected chi connectivity index (χ2v) is 5.60. The lowest BCUT2D eigenvalue weighted by atomic mass is 9.81. The lowest BCUT2D eigenvalue weighted by Crippen LogP contribution is -2.41. The topological polar surface area (TPSA) is 56.3 Å². The van der Waals surface area contributed by atoms with Crippen molar-refractivity contribution in [2.24, 2.45) is 0 Å². The minimum Gasteiger partial charge on any atom is -0.399 e. The summed E-state index contributed by atoms with van der Waals surface area (Å²) in [6, 6.07) is 0. The van der Waals surface area contributed by atoms with Gasteiger partial charge in [0, 0.05) is 24.4 Å². The van der Waals surface area contributed by atoms with Gasteiger partial charge in [-0.25, -0.2) is 9.97 Å². The Balaban J connectivity index is 2.10. The number of nitrogens with zero attached hydrogens (tertiary/aromatic N) is 2. The predicted octanol–water partition coefficient (Wildman–Crippen LogP) is 1.37. The molecule has 1 N–H and O–H groups in total. The van der Waals surface area contributed by atoms with Gasteiger partial charge >= 0.3 is 7.12 Å². The lowest BCUT2D eigenvalue weighted by molar-refractivity contribution is 0.00578. The molecule has 19 heavy (non-hydrogen) atoms. The Labute approximate surface area is 114 Å². The molecule has 6 heteroatoms. The molecule has 1 aliphatic heterocycles. The predicted molar refractivity (Wildman–Crippen MR) is 76.4 cm³/mol. The maximum Gasteiger partial charge on any atom is 0.498 e.